The molecule has 3 saturated heterocycles. The summed E-state index contributed by atoms with van der Waals surface area (Å²) >= 11 is 0. The summed E-state index contributed by atoms with van der Waals surface area (Å²) in [4.78, 5) is 12.9. The number of H-pyrrole nitrogens is 1. The first-order chi connectivity index (χ1) is 12.8. The maximum atomic E-state index is 4.28. The van der Waals surface area contributed by atoms with Crippen LogP contribution in [0.15, 0.2) is 55.0 Å². The van der Waals surface area contributed by atoms with Crippen LogP contribution in [0.5, 0.6) is 0 Å². The monoisotopic (exact) mass is 346 g/mol. The minimum Gasteiger partial charge on any atom is -0.361 e. The van der Waals surface area contributed by atoms with Gasteiger partial charge in [-0.2, -0.15) is 0 Å². The van der Waals surface area contributed by atoms with E-state index in [0.29, 0.717) is 6.04 Å². The number of nitrogens with zero attached hydrogens (tertiary/aromatic N) is 3. The van der Waals surface area contributed by atoms with Crippen LogP contribution in [-0.2, 0) is 13.1 Å². The van der Waals surface area contributed by atoms with E-state index in [1.165, 1.54) is 54.5 Å². The Hall–Kier alpha value is -2.17. The molecular formula is C22H26N4. The van der Waals surface area contributed by atoms with Crippen molar-refractivity contribution < 1.29 is 0 Å². The predicted molar refractivity (Wildman–Crippen MR) is 105 cm³/mol. The van der Waals surface area contributed by atoms with Crippen LogP contribution in [0.3, 0.4) is 0 Å². The van der Waals surface area contributed by atoms with E-state index in [2.05, 4.69) is 50.1 Å². The molecule has 3 fully saturated rings. The number of aromatic nitrogens is 2. The Kier molecular flexibility index (Phi) is 4.23. The number of aromatic amines is 1. The number of piperidine rings is 1. The molecule has 0 unspecified atom stereocenters. The van der Waals surface area contributed by atoms with Gasteiger partial charge >= 0.3 is 0 Å². The van der Waals surface area contributed by atoms with Crippen LogP contribution in [0.4, 0.5) is 0 Å². The van der Waals surface area contributed by atoms with Crippen molar-refractivity contribution >= 4 is 10.9 Å². The summed E-state index contributed by atoms with van der Waals surface area (Å²) in [5.74, 6) is 0.793. The average molecular weight is 346 g/mol. The Labute approximate surface area is 154 Å². The molecule has 2 aromatic heterocycles. The summed E-state index contributed by atoms with van der Waals surface area (Å²) in [5.41, 5.74) is 4.00. The zero-order chi connectivity index (χ0) is 17.3. The quantitative estimate of drug-likeness (QED) is 0.783. The average Bonchev–Trinajstić information content (AvgIpc) is 2.96. The van der Waals surface area contributed by atoms with Crippen molar-refractivity contribution in [2.75, 3.05) is 19.6 Å². The lowest BCUT2D eigenvalue weighted by Crippen LogP contribution is -2.43. The normalized spacial score (nSPS) is 24.2. The fraction of sp³-hybridized carbons (Fsp3) is 0.409. The molecule has 4 nitrogen and oxygen atoms in total. The van der Waals surface area contributed by atoms with Gasteiger partial charge in [0.2, 0.25) is 0 Å². The van der Waals surface area contributed by atoms with Gasteiger partial charge in [-0.15, -0.1) is 0 Å². The minimum absolute atomic E-state index is 0.673. The van der Waals surface area contributed by atoms with Crippen molar-refractivity contribution in [1.82, 2.24) is 19.8 Å². The SMILES string of the molecule is c1cncc(CN2C[C@@H]3CC[C@H](C2)N(Cc2ccc4[nH]ccc4c2)C3)c1. The zero-order valence-electron chi connectivity index (χ0n) is 15.1. The van der Waals surface area contributed by atoms with Gasteiger partial charge in [-0.05, 0) is 59.5 Å². The topological polar surface area (TPSA) is 35.2 Å². The fourth-order valence-electron chi connectivity index (χ4n) is 4.78. The molecular weight excluding hydrogens is 320 g/mol. The van der Waals surface area contributed by atoms with Crippen molar-refractivity contribution in [3.8, 4) is 0 Å². The molecule has 134 valence electrons. The van der Waals surface area contributed by atoms with Crippen LogP contribution in [0.25, 0.3) is 10.9 Å². The summed E-state index contributed by atoms with van der Waals surface area (Å²) in [6.07, 6.45) is 8.61. The van der Waals surface area contributed by atoms with E-state index < -0.39 is 0 Å². The van der Waals surface area contributed by atoms with Gasteiger partial charge in [0.05, 0.1) is 0 Å². The fourth-order valence-corrected chi connectivity index (χ4v) is 4.78. The van der Waals surface area contributed by atoms with Gasteiger partial charge in [0.1, 0.15) is 0 Å². The Morgan fingerprint density at radius 3 is 2.92 bits per heavy atom. The van der Waals surface area contributed by atoms with E-state index in [4.69, 9.17) is 0 Å². The first-order valence-electron chi connectivity index (χ1n) is 9.75. The van der Waals surface area contributed by atoms with E-state index in [-0.39, 0.29) is 0 Å². The molecule has 0 spiro atoms. The third-order valence-corrected chi connectivity index (χ3v) is 6.03. The third-order valence-electron chi connectivity index (χ3n) is 6.03. The highest BCUT2D eigenvalue weighted by Gasteiger charge is 2.34. The van der Waals surface area contributed by atoms with Crippen molar-refractivity contribution in [3.63, 3.8) is 0 Å². The van der Waals surface area contributed by atoms with E-state index in [9.17, 15) is 0 Å². The molecule has 4 heteroatoms. The summed E-state index contributed by atoms with van der Waals surface area (Å²) < 4.78 is 0. The van der Waals surface area contributed by atoms with Crippen LogP contribution >= 0.6 is 0 Å². The number of pyridine rings is 1. The summed E-state index contributed by atoms with van der Waals surface area (Å²) in [7, 11) is 0. The highest BCUT2D eigenvalue weighted by Crippen LogP contribution is 2.30. The molecule has 1 N–H and O–H groups in total. The highest BCUT2D eigenvalue weighted by atomic mass is 15.3. The van der Waals surface area contributed by atoms with Crippen molar-refractivity contribution in [3.05, 3.63) is 66.1 Å². The van der Waals surface area contributed by atoms with Gasteiger partial charge in [-0.25, -0.2) is 0 Å². The van der Waals surface area contributed by atoms with Crippen molar-refractivity contribution in [1.29, 1.82) is 0 Å². The second kappa shape index (κ2) is 6.86. The van der Waals surface area contributed by atoms with Crippen LogP contribution in [0.2, 0.25) is 0 Å². The van der Waals surface area contributed by atoms with Gasteiger partial charge in [0.25, 0.3) is 0 Å². The first kappa shape index (κ1) is 16.0. The molecule has 6 rings (SSSR count). The van der Waals surface area contributed by atoms with E-state index >= 15 is 0 Å². The maximum Gasteiger partial charge on any atom is 0.0454 e. The smallest absolute Gasteiger partial charge is 0.0454 e. The highest BCUT2D eigenvalue weighted by molar-refractivity contribution is 5.79. The lowest BCUT2D eigenvalue weighted by Gasteiger charge is -2.36. The zero-order valence-corrected chi connectivity index (χ0v) is 15.1. The molecule has 3 aromatic rings. The second-order valence-corrected chi connectivity index (χ2v) is 7.98. The first-order valence-corrected chi connectivity index (χ1v) is 9.75. The summed E-state index contributed by atoms with van der Waals surface area (Å²) in [6, 6.07) is 13.9. The number of benzene rings is 1. The molecule has 5 heterocycles. The molecule has 0 aliphatic carbocycles. The molecule has 2 bridgehead atoms. The largest absolute Gasteiger partial charge is 0.361 e. The van der Waals surface area contributed by atoms with Crippen molar-refractivity contribution in [2.24, 2.45) is 5.92 Å². The van der Waals surface area contributed by atoms with Crippen LogP contribution in [-0.4, -0.2) is 45.4 Å². The molecule has 3 aliphatic heterocycles. The number of nitrogens with one attached hydrogen (secondary N) is 1. The Morgan fingerprint density at radius 2 is 2.00 bits per heavy atom. The third kappa shape index (κ3) is 3.27. The molecule has 0 radical (unpaired) electrons. The van der Waals surface area contributed by atoms with E-state index in [1.807, 2.05) is 24.7 Å². The van der Waals surface area contributed by atoms with Gasteiger partial charge in [0.15, 0.2) is 0 Å². The van der Waals surface area contributed by atoms with Gasteiger partial charge < -0.3 is 4.98 Å². The van der Waals surface area contributed by atoms with Crippen LogP contribution in [0.1, 0.15) is 24.0 Å². The maximum absolute atomic E-state index is 4.28. The van der Waals surface area contributed by atoms with E-state index in [0.717, 1.165) is 19.0 Å². The molecule has 2 atom stereocenters. The summed E-state index contributed by atoms with van der Waals surface area (Å²) in [6.45, 7) is 5.74. The standard InChI is InChI=1S/C22H26N4/c1-2-18(11-23-8-1)12-25-13-19-3-5-21(16-25)26(15-19)14-17-4-6-22-20(10-17)7-9-24-22/h1-2,4,6-11,19,21,24H,3,5,12-16H2/t19-,21+/m0/s1. The number of hydrogen-bond donors (Lipinski definition) is 1. The molecule has 0 saturated carbocycles. The number of hydrogen-bond acceptors (Lipinski definition) is 3. The molecule has 0 amide bonds. The Bertz CT molecular complexity index is 872. The van der Waals surface area contributed by atoms with Gasteiger partial charge in [-0.3, -0.25) is 14.8 Å². The second-order valence-electron chi connectivity index (χ2n) is 7.98. The number of rotatable bonds is 4. The molecule has 1 aromatic carbocycles. The Balaban J connectivity index is 1.30. The van der Waals surface area contributed by atoms with Crippen LogP contribution < -0.4 is 0 Å². The minimum atomic E-state index is 0.673. The van der Waals surface area contributed by atoms with Crippen molar-refractivity contribution in [2.45, 2.75) is 32.0 Å². The van der Waals surface area contributed by atoms with E-state index in [1.54, 1.807) is 0 Å². The molecule has 26 heavy (non-hydrogen) atoms. The van der Waals surface area contributed by atoms with Gasteiger partial charge in [-0.1, -0.05) is 12.1 Å². The Morgan fingerprint density at radius 1 is 1.00 bits per heavy atom. The number of fused-ring (bicyclic) bond motifs is 5. The summed E-state index contributed by atoms with van der Waals surface area (Å²) in [5, 5.41) is 1.32. The molecule has 3 aliphatic rings. The van der Waals surface area contributed by atoms with Gasteiger partial charge in [0, 0.05) is 62.9 Å². The predicted octanol–water partition coefficient (Wildman–Crippen LogP) is 3.66. The van der Waals surface area contributed by atoms with Crippen LogP contribution in [0, 0.1) is 5.92 Å². The lowest BCUT2D eigenvalue weighted by molar-refractivity contribution is 0.123. The lowest BCUT2D eigenvalue weighted by atomic mass is 9.94.